The lowest BCUT2D eigenvalue weighted by molar-refractivity contribution is 0.0791. The lowest BCUT2D eigenvalue weighted by Crippen LogP contribution is -2.28. The Morgan fingerprint density at radius 1 is 1.30 bits per heavy atom. The largest absolute Gasteiger partial charge is 0.361 e. The average molecular weight is 382 g/mol. The first-order valence-corrected chi connectivity index (χ1v) is 9.99. The van der Waals surface area contributed by atoms with E-state index in [1.54, 1.807) is 5.51 Å². The van der Waals surface area contributed by atoms with Gasteiger partial charge in [-0.05, 0) is 51.7 Å². The molecule has 0 unspecified atom stereocenters. The van der Waals surface area contributed by atoms with Crippen molar-refractivity contribution in [1.82, 2.24) is 20.0 Å². The highest BCUT2D eigenvalue weighted by molar-refractivity contribution is 7.11. The van der Waals surface area contributed by atoms with E-state index < -0.39 is 0 Å². The molecule has 1 amide bonds. The van der Waals surface area contributed by atoms with Gasteiger partial charge in [-0.1, -0.05) is 11.2 Å². The van der Waals surface area contributed by atoms with Crippen molar-refractivity contribution in [1.29, 1.82) is 0 Å². The van der Waals surface area contributed by atoms with Crippen LogP contribution in [0.5, 0.6) is 0 Å². The van der Waals surface area contributed by atoms with E-state index in [2.05, 4.69) is 16.2 Å². The lowest BCUT2D eigenvalue weighted by Gasteiger charge is -2.16. The van der Waals surface area contributed by atoms with Crippen LogP contribution in [0, 0.1) is 26.7 Å². The summed E-state index contributed by atoms with van der Waals surface area (Å²) >= 11 is 1.42. The second-order valence-electron chi connectivity index (χ2n) is 7.09. The number of carbonyl (C=O) groups excluding carboxylic acids is 1. The van der Waals surface area contributed by atoms with Gasteiger partial charge >= 0.3 is 0 Å². The summed E-state index contributed by atoms with van der Waals surface area (Å²) in [6, 6.07) is 6.08. The Kier molecular flexibility index (Phi) is 4.78. The van der Waals surface area contributed by atoms with E-state index in [-0.39, 0.29) is 5.91 Å². The van der Waals surface area contributed by atoms with Gasteiger partial charge in [-0.25, -0.2) is 4.98 Å². The predicted octanol–water partition coefficient (Wildman–Crippen LogP) is 3.82. The summed E-state index contributed by atoms with van der Waals surface area (Å²) in [5.41, 5.74) is 6.33. The van der Waals surface area contributed by atoms with Crippen LogP contribution >= 0.6 is 11.3 Å². The maximum atomic E-state index is 12.7. The first-order valence-electron chi connectivity index (χ1n) is 9.11. The van der Waals surface area contributed by atoms with Crippen LogP contribution in [0.4, 0.5) is 0 Å². The van der Waals surface area contributed by atoms with Gasteiger partial charge in [-0.3, -0.25) is 9.78 Å². The molecule has 140 valence electrons. The highest BCUT2D eigenvalue weighted by atomic mass is 32.1. The fraction of sp³-hybridized carbons (Fsp3) is 0.400. The van der Waals surface area contributed by atoms with Crippen LogP contribution in [0.25, 0.3) is 11.3 Å². The zero-order valence-electron chi connectivity index (χ0n) is 15.7. The van der Waals surface area contributed by atoms with Gasteiger partial charge in [0, 0.05) is 18.8 Å². The smallest absolute Gasteiger partial charge is 0.265 e. The van der Waals surface area contributed by atoms with E-state index in [1.165, 1.54) is 11.3 Å². The van der Waals surface area contributed by atoms with Crippen LogP contribution in [0.15, 0.2) is 28.2 Å². The second-order valence-corrected chi connectivity index (χ2v) is 7.94. The van der Waals surface area contributed by atoms with E-state index in [0.717, 1.165) is 64.9 Å². The molecule has 1 aliphatic rings. The van der Waals surface area contributed by atoms with E-state index in [0.29, 0.717) is 5.92 Å². The summed E-state index contributed by atoms with van der Waals surface area (Å²) < 4.78 is 5.27. The van der Waals surface area contributed by atoms with Gasteiger partial charge in [-0.2, -0.15) is 0 Å². The minimum Gasteiger partial charge on any atom is -0.361 e. The Labute approximate surface area is 162 Å². The van der Waals surface area contributed by atoms with E-state index in [9.17, 15) is 4.79 Å². The Morgan fingerprint density at radius 3 is 2.85 bits per heavy atom. The fourth-order valence-corrected chi connectivity index (χ4v) is 4.48. The monoisotopic (exact) mass is 382 g/mol. The fourth-order valence-electron chi connectivity index (χ4n) is 3.71. The molecule has 3 aromatic heterocycles. The maximum absolute atomic E-state index is 12.7. The SMILES string of the molecule is Cc1ncsc1C(=O)N1CC[C@H](Cc2cccc(-c3c(C)noc3C)n2)C1. The molecular weight excluding hydrogens is 360 g/mol. The third-order valence-corrected chi connectivity index (χ3v) is 6.02. The van der Waals surface area contributed by atoms with E-state index >= 15 is 0 Å². The molecule has 6 nitrogen and oxygen atoms in total. The third-order valence-electron chi connectivity index (χ3n) is 5.11. The number of hydrogen-bond acceptors (Lipinski definition) is 6. The van der Waals surface area contributed by atoms with Gasteiger partial charge in [0.2, 0.25) is 0 Å². The van der Waals surface area contributed by atoms with Crippen LogP contribution in [0.2, 0.25) is 0 Å². The van der Waals surface area contributed by atoms with E-state index in [4.69, 9.17) is 9.51 Å². The van der Waals surface area contributed by atoms with Gasteiger partial charge in [0.25, 0.3) is 5.91 Å². The van der Waals surface area contributed by atoms with Crippen molar-refractivity contribution >= 4 is 17.2 Å². The standard InChI is InChI=1S/C20H22N4O2S/c1-12-18(14(3)26-23-12)17-6-4-5-16(22-17)9-15-7-8-24(10-15)20(25)19-13(2)21-11-27-19/h4-6,11,15H,7-10H2,1-3H3/t15-/m1/s1. The molecule has 3 aromatic rings. The summed E-state index contributed by atoms with van der Waals surface area (Å²) in [6.45, 7) is 7.30. The lowest BCUT2D eigenvalue weighted by atomic mass is 10.0. The Bertz CT molecular complexity index is 959. The van der Waals surface area contributed by atoms with Crippen LogP contribution < -0.4 is 0 Å². The van der Waals surface area contributed by atoms with Crippen LogP contribution in [0.3, 0.4) is 0 Å². The minimum absolute atomic E-state index is 0.106. The van der Waals surface area contributed by atoms with Crippen LogP contribution in [0.1, 0.15) is 38.9 Å². The number of aromatic nitrogens is 3. The molecule has 4 heterocycles. The van der Waals surface area contributed by atoms with Crippen molar-refractivity contribution in [2.75, 3.05) is 13.1 Å². The molecule has 0 N–H and O–H groups in total. The summed E-state index contributed by atoms with van der Waals surface area (Å²) in [5, 5.41) is 4.02. The molecule has 1 aliphatic heterocycles. The number of rotatable bonds is 4. The Morgan fingerprint density at radius 2 is 2.15 bits per heavy atom. The molecule has 1 atom stereocenters. The van der Waals surface area contributed by atoms with Crippen molar-refractivity contribution in [3.05, 3.63) is 51.4 Å². The predicted molar refractivity (Wildman–Crippen MR) is 104 cm³/mol. The van der Waals surface area contributed by atoms with E-state index in [1.807, 2.05) is 37.8 Å². The first kappa shape index (κ1) is 17.9. The summed E-state index contributed by atoms with van der Waals surface area (Å²) in [7, 11) is 0. The third kappa shape index (κ3) is 3.51. The van der Waals surface area contributed by atoms with Crippen molar-refractivity contribution in [2.24, 2.45) is 5.92 Å². The molecule has 0 aliphatic carbocycles. The highest BCUT2D eigenvalue weighted by Crippen LogP contribution is 2.27. The first-order chi connectivity index (χ1) is 13.0. The van der Waals surface area contributed by atoms with Crippen LogP contribution in [-0.4, -0.2) is 39.0 Å². The molecule has 0 radical (unpaired) electrons. The average Bonchev–Trinajstić information content (AvgIpc) is 3.36. The molecule has 0 bridgehead atoms. The van der Waals surface area contributed by atoms with Gasteiger partial charge in [0.05, 0.1) is 28.2 Å². The number of hydrogen-bond donors (Lipinski definition) is 0. The summed E-state index contributed by atoms with van der Waals surface area (Å²) in [5.74, 6) is 1.32. The second kappa shape index (κ2) is 7.23. The number of likely N-dealkylation sites (tertiary alicyclic amines) is 1. The van der Waals surface area contributed by atoms with Gasteiger partial charge in [0.1, 0.15) is 10.6 Å². The van der Waals surface area contributed by atoms with Gasteiger partial charge in [0.15, 0.2) is 0 Å². The molecule has 0 aromatic carbocycles. The minimum atomic E-state index is 0.106. The Hall–Kier alpha value is -2.54. The van der Waals surface area contributed by atoms with Crippen LogP contribution in [-0.2, 0) is 6.42 Å². The maximum Gasteiger partial charge on any atom is 0.265 e. The number of thiazole rings is 1. The molecule has 4 rings (SSSR count). The Balaban J connectivity index is 1.46. The van der Waals surface area contributed by atoms with Crippen molar-refractivity contribution < 1.29 is 9.32 Å². The van der Waals surface area contributed by atoms with Gasteiger partial charge < -0.3 is 9.42 Å². The number of pyridine rings is 1. The molecule has 1 saturated heterocycles. The zero-order valence-corrected chi connectivity index (χ0v) is 16.5. The normalized spacial score (nSPS) is 16.9. The number of carbonyl (C=O) groups is 1. The summed E-state index contributed by atoms with van der Waals surface area (Å²) in [6.07, 6.45) is 1.86. The molecule has 0 saturated carbocycles. The molecule has 0 spiro atoms. The van der Waals surface area contributed by atoms with Crippen molar-refractivity contribution in [2.45, 2.75) is 33.6 Å². The molecule has 7 heteroatoms. The summed E-state index contributed by atoms with van der Waals surface area (Å²) in [4.78, 5) is 24.4. The molecule has 1 fully saturated rings. The highest BCUT2D eigenvalue weighted by Gasteiger charge is 2.29. The number of aryl methyl sites for hydroxylation is 3. The van der Waals surface area contributed by atoms with Crippen molar-refractivity contribution in [3.8, 4) is 11.3 Å². The number of nitrogens with zero attached hydrogens (tertiary/aromatic N) is 4. The molecule has 27 heavy (non-hydrogen) atoms. The molecular formula is C20H22N4O2S. The topological polar surface area (TPSA) is 72.1 Å². The van der Waals surface area contributed by atoms with Crippen molar-refractivity contribution in [3.63, 3.8) is 0 Å². The number of amides is 1. The quantitative estimate of drug-likeness (QED) is 0.686. The van der Waals surface area contributed by atoms with Gasteiger partial charge in [-0.15, -0.1) is 11.3 Å². The zero-order chi connectivity index (χ0) is 19.0.